The van der Waals surface area contributed by atoms with E-state index >= 15 is 0 Å². The van der Waals surface area contributed by atoms with Crippen LogP contribution in [0.15, 0.2) is 16.6 Å². The van der Waals surface area contributed by atoms with E-state index in [0.29, 0.717) is 21.5 Å². The van der Waals surface area contributed by atoms with Crippen molar-refractivity contribution in [2.45, 2.75) is 18.9 Å². The molecule has 1 aromatic rings. The Hall–Kier alpha value is -1.27. The van der Waals surface area contributed by atoms with Gasteiger partial charge in [-0.05, 0) is 47.4 Å². The van der Waals surface area contributed by atoms with Crippen LogP contribution in [0.3, 0.4) is 0 Å². The molecule has 1 atom stereocenters. The zero-order chi connectivity index (χ0) is 14.5. The molecular weight excluding hydrogens is 324 g/mol. The first-order chi connectivity index (χ1) is 9.65. The molecule has 2 rings (SSSR count). The molecule has 0 unspecified atom stereocenters. The van der Waals surface area contributed by atoms with Gasteiger partial charge < -0.3 is 20.1 Å². The molecule has 20 heavy (non-hydrogen) atoms. The largest absolute Gasteiger partial charge is 0.495 e. The van der Waals surface area contributed by atoms with Crippen LogP contribution in [0.2, 0.25) is 0 Å². The van der Waals surface area contributed by atoms with Crippen LogP contribution in [-0.4, -0.2) is 39.3 Å². The van der Waals surface area contributed by atoms with E-state index < -0.39 is 0 Å². The zero-order valence-corrected chi connectivity index (χ0v) is 13.2. The molecule has 1 aliphatic rings. The minimum absolute atomic E-state index is 0.109. The summed E-state index contributed by atoms with van der Waals surface area (Å²) < 4.78 is 11.2. The number of amides is 1. The minimum atomic E-state index is -0.109. The Labute approximate surface area is 127 Å². The van der Waals surface area contributed by atoms with Gasteiger partial charge in [-0.3, -0.25) is 4.79 Å². The summed E-state index contributed by atoms with van der Waals surface area (Å²) in [5.41, 5.74) is 0.535. The average Bonchev–Trinajstić information content (AvgIpc) is 2.48. The molecule has 1 amide bonds. The van der Waals surface area contributed by atoms with Crippen molar-refractivity contribution in [1.29, 1.82) is 0 Å². The van der Waals surface area contributed by atoms with Crippen molar-refractivity contribution in [3.8, 4) is 11.5 Å². The topological polar surface area (TPSA) is 59.6 Å². The fourth-order valence-corrected chi connectivity index (χ4v) is 2.80. The molecule has 0 radical (unpaired) electrons. The fourth-order valence-electron chi connectivity index (χ4n) is 2.24. The summed E-state index contributed by atoms with van der Waals surface area (Å²) in [5, 5.41) is 6.30. The third kappa shape index (κ3) is 3.43. The van der Waals surface area contributed by atoms with E-state index in [1.54, 1.807) is 26.4 Å². The highest BCUT2D eigenvalue weighted by molar-refractivity contribution is 9.10. The number of carbonyl (C=O) groups excluding carboxylic acids is 1. The van der Waals surface area contributed by atoms with Crippen LogP contribution in [0.5, 0.6) is 11.5 Å². The fraction of sp³-hybridized carbons (Fsp3) is 0.500. The highest BCUT2D eigenvalue weighted by Crippen LogP contribution is 2.35. The van der Waals surface area contributed by atoms with Crippen molar-refractivity contribution in [1.82, 2.24) is 10.6 Å². The second-order valence-electron chi connectivity index (χ2n) is 4.71. The van der Waals surface area contributed by atoms with Gasteiger partial charge in [-0.1, -0.05) is 0 Å². The molecule has 1 aliphatic heterocycles. The highest BCUT2D eigenvalue weighted by Gasteiger charge is 2.19. The molecule has 1 fully saturated rings. The standard InChI is InChI=1S/C14H19BrN2O3/c1-19-11-6-9(7-12(20-2)13(11)15)14(18)17-10-4-3-5-16-8-10/h6-7,10,16H,3-5,8H2,1-2H3,(H,17,18)/t10-/m0/s1. The number of ether oxygens (including phenoxy) is 2. The minimum Gasteiger partial charge on any atom is -0.495 e. The molecule has 0 aliphatic carbocycles. The van der Waals surface area contributed by atoms with Crippen molar-refractivity contribution < 1.29 is 14.3 Å². The first-order valence-electron chi connectivity index (χ1n) is 6.58. The average molecular weight is 343 g/mol. The Balaban J connectivity index is 2.16. The predicted octanol–water partition coefficient (Wildman–Crippen LogP) is 1.95. The number of halogens is 1. The van der Waals surface area contributed by atoms with Crippen molar-refractivity contribution in [3.05, 3.63) is 22.2 Å². The molecule has 110 valence electrons. The SMILES string of the molecule is COc1cc(C(=O)N[C@H]2CCCNC2)cc(OC)c1Br. The molecule has 6 heteroatoms. The summed E-state index contributed by atoms with van der Waals surface area (Å²) >= 11 is 3.39. The maximum Gasteiger partial charge on any atom is 0.251 e. The van der Waals surface area contributed by atoms with Crippen molar-refractivity contribution in [3.63, 3.8) is 0 Å². The molecule has 0 bridgehead atoms. The van der Waals surface area contributed by atoms with Crippen LogP contribution in [0.25, 0.3) is 0 Å². The van der Waals surface area contributed by atoms with Gasteiger partial charge in [-0.2, -0.15) is 0 Å². The predicted molar refractivity (Wildman–Crippen MR) is 80.6 cm³/mol. The number of nitrogens with one attached hydrogen (secondary N) is 2. The normalized spacial score (nSPS) is 18.4. The molecule has 5 nitrogen and oxygen atoms in total. The summed E-state index contributed by atoms with van der Waals surface area (Å²) in [6.07, 6.45) is 2.08. The summed E-state index contributed by atoms with van der Waals surface area (Å²) in [6, 6.07) is 3.59. The molecular formula is C14H19BrN2O3. The van der Waals surface area contributed by atoms with Crippen LogP contribution >= 0.6 is 15.9 Å². The van der Waals surface area contributed by atoms with E-state index in [1.807, 2.05) is 0 Å². The number of benzene rings is 1. The van der Waals surface area contributed by atoms with E-state index in [2.05, 4.69) is 26.6 Å². The van der Waals surface area contributed by atoms with E-state index in [0.717, 1.165) is 25.9 Å². The smallest absolute Gasteiger partial charge is 0.251 e. The Morgan fingerprint density at radius 3 is 2.50 bits per heavy atom. The van der Waals surface area contributed by atoms with Crippen molar-refractivity contribution >= 4 is 21.8 Å². The van der Waals surface area contributed by atoms with E-state index in [9.17, 15) is 4.79 Å². The summed E-state index contributed by atoms with van der Waals surface area (Å²) in [6.45, 7) is 1.84. The lowest BCUT2D eigenvalue weighted by Crippen LogP contribution is -2.45. The molecule has 0 saturated carbocycles. The number of piperidine rings is 1. The number of methoxy groups -OCH3 is 2. The van der Waals surface area contributed by atoms with Gasteiger partial charge in [0, 0.05) is 18.2 Å². The van der Waals surface area contributed by atoms with Crippen LogP contribution in [0, 0.1) is 0 Å². The lowest BCUT2D eigenvalue weighted by Gasteiger charge is -2.24. The quantitative estimate of drug-likeness (QED) is 0.877. The third-order valence-corrected chi connectivity index (χ3v) is 4.12. The van der Waals surface area contributed by atoms with Gasteiger partial charge in [0.05, 0.1) is 14.2 Å². The molecule has 1 saturated heterocycles. The Morgan fingerprint density at radius 2 is 2.00 bits per heavy atom. The van der Waals surface area contributed by atoms with E-state index in [4.69, 9.17) is 9.47 Å². The first-order valence-corrected chi connectivity index (χ1v) is 7.38. The van der Waals surface area contributed by atoms with Crippen molar-refractivity contribution in [2.24, 2.45) is 0 Å². The Kier molecular flexibility index (Phi) is 5.25. The Bertz CT molecular complexity index is 462. The lowest BCUT2D eigenvalue weighted by molar-refractivity contribution is 0.0930. The lowest BCUT2D eigenvalue weighted by atomic mass is 10.1. The van der Waals surface area contributed by atoms with Gasteiger partial charge in [-0.15, -0.1) is 0 Å². The van der Waals surface area contributed by atoms with E-state index in [-0.39, 0.29) is 11.9 Å². The third-order valence-electron chi connectivity index (χ3n) is 3.34. The molecule has 0 spiro atoms. The number of rotatable bonds is 4. The van der Waals surface area contributed by atoms with Gasteiger partial charge in [0.1, 0.15) is 16.0 Å². The van der Waals surface area contributed by atoms with Crippen LogP contribution in [0.4, 0.5) is 0 Å². The summed E-state index contributed by atoms with van der Waals surface area (Å²) in [4.78, 5) is 12.3. The highest BCUT2D eigenvalue weighted by atomic mass is 79.9. The molecule has 2 N–H and O–H groups in total. The molecule has 1 heterocycles. The summed E-state index contributed by atoms with van der Waals surface area (Å²) in [7, 11) is 3.12. The van der Waals surface area contributed by atoms with Gasteiger partial charge in [0.2, 0.25) is 0 Å². The maximum absolute atomic E-state index is 12.3. The van der Waals surface area contributed by atoms with E-state index in [1.165, 1.54) is 0 Å². The summed E-state index contributed by atoms with van der Waals surface area (Å²) in [5.74, 6) is 1.05. The van der Waals surface area contributed by atoms with Gasteiger partial charge in [0.15, 0.2) is 0 Å². The second kappa shape index (κ2) is 6.95. The number of hydrogen-bond donors (Lipinski definition) is 2. The monoisotopic (exact) mass is 342 g/mol. The Morgan fingerprint density at radius 1 is 1.35 bits per heavy atom. The molecule has 1 aromatic carbocycles. The number of hydrogen-bond acceptors (Lipinski definition) is 4. The van der Waals surface area contributed by atoms with Crippen LogP contribution in [-0.2, 0) is 0 Å². The van der Waals surface area contributed by atoms with Gasteiger partial charge in [-0.25, -0.2) is 0 Å². The van der Waals surface area contributed by atoms with Crippen molar-refractivity contribution in [2.75, 3.05) is 27.3 Å². The first kappa shape index (κ1) is 15.1. The molecule has 0 aromatic heterocycles. The van der Waals surface area contributed by atoms with Crippen LogP contribution < -0.4 is 20.1 Å². The zero-order valence-electron chi connectivity index (χ0n) is 11.7. The van der Waals surface area contributed by atoms with Gasteiger partial charge in [0.25, 0.3) is 5.91 Å². The number of carbonyl (C=O) groups is 1. The van der Waals surface area contributed by atoms with Gasteiger partial charge >= 0.3 is 0 Å². The maximum atomic E-state index is 12.3. The second-order valence-corrected chi connectivity index (χ2v) is 5.50. The van der Waals surface area contributed by atoms with Crippen LogP contribution in [0.1, 0.15) is 23.2 Å².